The van der Waals surface area contributed by atoms with Crippen molar-refractivity contribution in [1.29, 1.82) is 0 Å². The molecule has 0 spiro atoms. The van der Waals surface area contributed by atoms with Gasteiger partial charge >= 0.3 is 12.1 Å². The van der Waals surface area contributed by atoms with Crippen molar-refractivity contribution >= 4 is 16.1 Å². The second-order valence-corrected chi connectivity index (χ2v) is 4.89. The Morgan fingerprint density at radius 1 is 1.40 bits per heavy atom. The van der Waals surface area contributed by atoms with Crippen LogP contribution in [-0.2, 0) is 22.0 Å². The average Bonchev–Trinajstić information content (AvgIpc) is 2.67. The predicted molar refractivity (Wildman–Crippen MR) is 63.6 cm³/mol. The summed E-state index contributed by atoms with van der Waals surface area (Å²) >= 11 is 0. The van der Waals surface area contributed by atoms with Crippen LogP contribution in [0.25, 0.3) is 0 Å². The molecule has 0 aliphatic carbocycles. The first-order chi connectivity index (χ1) is 8.90. The molecule has 0 bridgehead atoms. The number of carboxylic acid groups (broad SMARTS) is 1. The summed E-state index contributed by atoms with van der Waals surface area (Å²) < 4.78 is 61.2. The van der Waals surface area contributed by atoms with Crippen LogP contribution in [0.3, 0.4) is 0 Å². The van der Waals surface area contributed by atoms with Crippen LogP contribution < -0.4 is 0 Å². The van der Waals surface area contributed by atoms with Crippen LogP contribution in [0.2, 0.25) is 0 Å². The molecule has 11 heteroatoms. The molecule has 0 amide bonds. The van der Waals surface area contributed by atoms with Crippen molar-refractivity contribution in [3.05, 3.63) is 18.7 Å². The maximum Gasteiger partial charge on any atom is 0.490 e. The minimum atomic E-state index is -5.08. The quantitative estimate of drug-likeness (QED) is 0.796. The Hall–Kier alpha value is -1.62. The van der Waals surface area contributed by atoms with E-state index in [1.54, 1.807) is 19.4 Å². The van der Waals surface area contributed by atoms with E-state index in [0.717, 1.165) is 0 Å². The van der Waals surface area contributed by atoms with Crippen LogP contribution in [0.1, 0.15) is 13.3 Å². The molecule has 1 aromatic heterocycles. The van der Waals surface area contributed by atoms with E-state index in [1.807, 2.05) is 17.8 Å². The molecule has 0 saturated heterocycles. The summed E-state index contributed by atoms with van der Waals surface area (Å²) in [7, 11) is -1.74. The third-order valence-electron chi connectivity index (χ3n) is 1.34. The SMILES string of the molecule is CCCS(=O)(=O)O.Cn1ccnc1.O=C(O)C(F)(F)F. The van der Waals surface area contributed by atoms with Gasteiger partial charge in [-0.15, -0.1) is 0 Å². The van der Waals surface area contributed by atoms with E-state index < -0.39 is 22.3 Å². The third-order valence-corrected chi connectivity index (χ3v) is 2.27. The second-order valence-electron chi connectivity index (χ2n) is 3.32. The number of imidazole rings is 1. The molecule has 7 nitrogen and oxygen atoms in total. The van der Waals surface area contributed by atoms with Crippen molar-refractivity contribution in [3.63, 3.8) is 0 Å². The average molecular weight is 320 g/mol. The van der Waals surface area contributed by atoms with Crippen LogP contribution in [-0.4, -0.2) is 45.5 Å². The molecule has 118 valence electrons. The third kappa shape index (κ3) is 16.4. The number of aliphatic carboxylic acids is 1. The zero-order valence-corrected chi connectivity index (χ0v) is 11.5. The second kappa shape index (κ2) is 9.31. The fourth-order valence-electron chi connectivity index (χ4n) is 0.584. The van der Waals surface area contributed by atoms with E-state index in [-0.39, 0.29) is 5.75 Å². The number of hydrogen-bond donors (Lipinski definition) is 2. The highest BCUT2D eigenvalue weighted by molar-refractivity contribution is 7.85. The van der Waals surface area contributed by atoms with Crippen molar-refractivity contribution in [2.24, 2.45) is 7.05 Å². The lowest BCUT2D eigenvalue weighted by Gasteiger charge is -1.93. The molecule has 0 saturated carbocycles. The Kier molecular flexibility index (Phi) is 9.63. The fraction of sp³-hybridized carbons (Fsp3) is 0.556. The summed E-state index contributed by atoms with van der Waals surface area (Å²) in [5.74, 6) is -2.89. The Bertz CT molecular complexity index is 470. The molecule has 1 rings (SSSR count). The predicted octanol–water partition coefficient (Wildman–Crippen LogP) is 1.34. The Morgan fingerprint density at radius 3 is 1.90 bits per heavy atom. The van der Waals surface area contributed by atoms with Gasteiger partial charge in [0.25, 0.3) is 10.1 Å². The van der Waals surface area contributed by atoms with Gasteiger partial charge in [0.2, 0.25) is 0 Å². The summed E-state index contributed by atoms with van der Waals surface area (Å²) in [6.45, 7) is 1.69. The van der Waals surface area contributed by atoms with Crippen LogP contribution in [0, 0.1) is 0 Å². The smallest absolute Gasteiger partial charge is 0.475 e. The topological polar surface area (TPSA) is 109 Å². The molecule has 0 unspecified atom stereocenters. The molecule has 0 aliphatic rings. The van der Waals surface area contributed by atoms with Crippen molar-refractivity contribution in [2.75, 3.05) is 5.75 Å². The zero-order valence-electron chi connectivity index (χ0n) is 10.7. The van der Waals surface area contributed by atoms with Gasteiger partial charge in [-0.1, -0.05) is 6.92 Å². The van der Waals surface area contributed by atoms with Gasteiger partial charge in [-0.05, 0) is 6.42 Å². The highest BCUT2D eigenvalue weighted by Crippen LogP contribution is 2.13. The van der Waals surface area contributed by atoms with Crippen molar-refractivity contribution in [1.82, 2.24) is 9.55 Å². The lowest BCUT2D eigenvalue weighted by Crippen LogP contribution is -2.21. The van der Waals surface area contributed by atoms with E-state index >= 15 is 0 Å². The van der Waals surface area contributed by atoms with Gasteiger partial charge in [-0.2, -0.15) is 21.6 Å². The minimum Gasteiger partial charge on any atom is -0.475 e. The highest BCUT2D eigenvalue weighted by atomic mass is 32.2. The van der Waals surface area contributed by atoms with Crippen molar-refractivity contribution in [3.8, 4) is 0 Å². The van der Waals surface area contributed by atoms with Gasteiger partial charge in [-0.3, -0.25) is 4.55 Å². The van der Waals surface area contributed by atoms with E-state index in [9.17, 15) is 21.6 Å². The summed E-state index contributed by atoms with van der Waals surface area (Å²) in [5.41, 5.74) is 0. The van der Waals surface area contributed by atoms with Gasteiger partial charge in [0, 0.05) is 19.4 Å². The zero-order chi connectivity index (χ0) is 16.4. The molecule has 0 fully saturated rings. The van der Waals surface area contributed by atoms with Gasteiger partial charge in [0.05, 0.1) is 12.1 Å². The summed E-state index contributed by atoms with van der Waals surface area (Å²) in [4.78, 5) is 12.7. The van der Waals surface area contributed by atoms with E-state index in [4.69, 9.17) is 14.5 Å². The maximum atomic E-state index is 10.6. The first kappa shape index (κ1) is 20.7. The largest absolute Gasteiger partial charge is 0.490 e. The van der Waals surface area contributed by atoms with Crippen molar-refractivity contribution < 1.29 is 36.0 Å². The number of nitrogens with zero attached hydrogens (tertiary/aromatic N) is 2. The number of aromatic nitrogens is 2. The van der Waals surface area contributed by atoms with Gasteiger partial charge in [-0.25, -0.2) is 9.78 Å². The molecule has 1 aromatic rings. The number of aryl methyl sites for hydroxylation is 1. The molecule has 0 aliphatic heterocycles. The lowest BCUT2D eigenvalue weighted by molar-refractivity contribution is -0.192. The van der Waals surface area contributed by atoms with Crippen LogP contribution >= 0.6 is 0 Å². The number of halogens is 3. The first-order valence-corrected chi connectivity index (χ1v) is 6.68. The normalized spacial score (nSPS) is 10.7. The molecule has 0 atom stereocenters. The number of hydrogen-bond acceptors (Lipinski definition) is 4. The Morgan fingerprint density at radius 2 is 1.85 bits per heavy atom. The number of carbonyl (C=O) groups is 1. The van der Waals surface area contributed by atoms with E-state index in [2.05, 4.69) is 4.98 Å². The van der Waals surface area contributed by atoms with Gasteiger partial charge in [0.1, 0.15) is 0 Å². The lowest BCUT2D eigenvalue weighted by atomic mass is 10.6. The molecule has 0 radical (unpaired) electrons. The number of alkyl halides is 3. The monoisotopic (exact) mass is 320 g/mol. The van der Waals surface area contributed by atoms with Gasteiger partial charge in [0.15, 0.2) is 0 Å². The fourth-order valence-corrected chi connectivity index (χ4v) is 1.10. The van der Waals surface area contributed by atoms with Crippen LogP contribution in [0.15, 0.2) is 18.7 Å². The van der Waals surface area contributed by atoms with Gasteiger partial charge < -0.3 is 9.67 Å². The first-order valence-electron chi connectivity index (χ1n) is 5.07. The molecule has 1 heterocycles. The Labute approximate surface area is 113 Å². The standard InChI is InChI=1S/C4H6N2.C3H8O3S.C2HF3O2/c1-6-3-2-5-4-6;1-2-3-7(4,5)6;3-2(4,5)1(6)7/h2-4H,1H3;2-3H2,1H3,(H,4,5,6);(H,6,7). The minimum absolute atomic E-state index is 0.132. The van der Waals surface area contributed by atoms with Crippen molar-refractivity contribution in [2.45, 2.75) is 19.5 Å². The van der Waals surface area contributed by atoms with Crippen LogP contribution in [0.5, 0.6) is 0 Å². The maximum absolute atomic E-state index is 10.6. The molecule has 2 N–H and O–H groups in total. The van der Waals surface area contributed by atoms with E-state index in [0.29, 0.717) is 6.42 Å². The van der Waals surface area contributed by atoms with E-state index in [1.165, 1.54) is 0 Å². The van der Waals surface area contributed by atoms with Crippen LogP contribution in [0.4, 0.5) is 13.2 Å². The molecular formula is C9H15F3N2O5S. The highest BCUT2D eigenvalue weighted by Gasteiger charge is 2.38. The number of rotatable bonds is 2. The Balaban J connectivity index is 0. The number of carboxylic acids is 1. The summed E-state index contributed by atoms with van der Waals surface area (Å²) in [6.07, 6.45) is 0.777. The molecular weight excluding hydrogens is 305 g/mol. The summed E-state index contributed by atoms with van der Waals surface area (Å²) in [6, 6.07) is 0. The molecule has 20 heavy (non-hydrogen) atoms. The molecule has 0 aromatic carbocycles. The summed E-state index contributed by atoms with van der Waals surface area (Å²) in [5, 5.41) is 7.12.